The Morgan fingerprint density at radius 1 is 1.06 bits per heavy atom. The predicted molar refractivity (Wildman–Crippen MR) is 123 cm³/mol. The molecule has 0 spiro atoms. The molecule has 1 aliphatic rings. The van der Waals surface area contributed by atoms with E-state index >= 15 is 0 Å². The van der Waals surface area contributed by atoms with Crippen molar-refractivity contribution < 1.29 is 14.7 Å². The molecule has 4 rings (SSSR count). The van der Waals surface area contributed by atoms with Gasteiger partial charge in [0.15, 0.2) is 0 Å². The number of carbonyl (C=O) groups excluding carboxylic acids is 1. The summed E-state index contributed by atoms with van der Waals surface area (Å²) in [6.07, 6.45) is 0.0700. The van der Waals surface area contributed by atoms with Gasteiger partial charge in [0, 0.05) is 53.4 Å². The first-order chi connectivity index (χ1) is 14.7. The highest BCUT2D eigenvalue weighted by Crippen LogP contribution is 2.28. The fraction of sp³-hybridized carbons (Fsp3) is 0.333. The number of H-pyrrole nitrogens is 1. The molecule has 2 aromatic carbocycles. The van der Waals surface area contributed by atoms with Crippen LogP contribution < -0.4 is 4.90 Å². The van der Waals surface area contributed by atoms with E-state index in [0.29, 0.717) is 31.7 Å². The van der Waals surface area contributed by atoms with Crippen molar-refractivity contribution >= 4 is 40.1 Å². The summed E-state index contributed by atoms with van der Waals surface area (Å²) in [7, 11) is 0. The summed E-state index contributed by atoms with van der Waals surface area (Å²) in [6, 6.07) is 9.83. The molecule has 2 heterocycles. The van der Waals surface area contributed by atoms with Crippen molar-refractivity contribution in [2.75, 3.05) is 31.1 Å². The third-order valence-corrected chi connectivity index (χ3v) is 6.58. The van der Waals surface area contributed by atoms with E-state index in [2.05, 4.69) is 16.0 Å². The van der Waals surface area contributed by atoms with Crippen molar-refractivity contribution in [2.24, 2.45) is 0 Å². The molecule has 0 unspecified atom stereocenters. The number of fused-ring (bicyclic) bond motifs is 1. The van der Waals surface area contributed by atoms with Crippen LogP contribution in [0.15, 0.2) is 30.3 Å². The molecule has 0 saturated carbocycles. The number of carbonyl (C=O) groups is 2. The molecule has 31 heavy (non-hydrogen) atoms. The quantitative estimate of drug-likeness (QED) is 0.634. The van der Waals surface area contributed by atoms with Crippen LogP contribution >= 0.6 is 11.6 Å². The SMILES string of the molecule is Cc1ccc2[nH]c(C(=O)O)c(CC(=O)N3CCN(c4cc(C)c(C)c(Cl)c4)CC3)c2c1. The molecular formula is C24H26ClN3O3. The van der Waals surface area contributed by atoms with Gasteiger partial charge in [0.1, 0.15) is 5.69 Å². The lowest BCUT2D eigenvalue weighted by Crippen LogP contribution is -2.49. The van der Waals surface area contributed by atoms with E-state index < -0.39 is 5.97 Å². The van der Waals surface area contributed by atoms with E-state index in [1.807, 2.05) is 49.9 Å². The largest absolute Gasteiger partial charge is 0.477 e. The molecule has 2 N–H and O–H groups in total. The number of aromatic carboxylic acids is 1. The zero-order chi connectivity index (χ0) is 22.3. The Morgan fingerprint density at radius 3 is 2.42 bits per heavy atom. The van der Waals surface area contributed by atoms with Crippen LogP contribution in [0, 0.1) is 20.8 Å². The van der Waals surface area contributed by atoms with Crippen LogP contribution in [0.1, 0.15) is 32.7 Å². The first-order valence-electron chi connectivity index (χ1n) is 10.4. The summed E-state index contributed by atoms with van der Waals surface area (Å²) >= 11 is 6.35. The van der Waals surface area contributed by atoms with Gasteiger partial charge in [0.05, 0.1) is 6.42 Å². The van der Waals surface area contributed by atoms with Crippen molar-refractivity contribution in [3.8, 4) is 0 Å². The van der Waals surface area contributed by atoms with Crippen LogP contribution in [0.5, 0.6) is 0 Å². The summed E-state index contributed by atoms with van der Waals surface area (Å²) in [5, 5.41) is 11.2. The second-order valence-electron chi connectivity index (χ2n) is 8.25. The summed E-state index contributed by atoms with van der Waals surface area (Å²) in [4.78, 5) is 31.8. The van der Waals surface area contributed by atoms with Gasteiger partial charge in [0.25, 0.3) is 0 Å². The van der Waals surface area contributed by atoms with Crippen LogP contribution in [0.2, 0.25) is 5.02 Å². The number of halogens is 1. The van der Waals surface area contributed by atoms with Crippen LogP contribution in [-0.2, 0) is 11.2 Å². The fourth-order valence-electron chi connectivity index (χ4n) is 4.19. The molecule has 1 aliphatic heterocycles. The minimum atomic E-state index is -1.05. The number of amides is 1. The predicted octanol–water partition coefficient (Wildman–Crippen LogP) is 4.34. The number of anilines is 1. The number of hydrogen-bond donors (Lipinski definition) is 2. The number of piperazine rings is 1. The number of benzene rings is 2. The van der Waals surface area contributed by atoms with E-state index in [4.69, 9.17) is 11.6 Å². The van der Waals surface area contributed by atoms with Gasteiger partial charge in [-0.25, -0.2) is 4.79 Å². The monoisotopic (exact) mass is 439 g/mol. The number of aromatic amines is 1. The molecule has 1 saturated heterocycles. The highest BCUT2D eigenvalue weighted by atomic mass is 35.5. The maximum atomic E-state index is 13.0. The lowest BCUT2D eigenvalue weighted by Gasteiger charge is -2.36. The van der Waals surface area contributed by atoms with Crippen LogP contribution in [0.3, 0.4) is 0 Å². The number of carboxylic acids is 1. The van der Waals surface area contributed by atoms with Gasteiger partial charge < -0.3 is 19.9 Å². The number of rotatable bonds is 4. The summed E-state index contributed by atoms with van der Waals surface area (Å²) in [6.45, 7) is 8.62. The van der Waals surface area contributed by atoms with Crippen molar-refractivity contribution in [3.63, 3.8) is 0 Å². The third-order valence-electron chi connectivity index (χ3n) is 6.19. The molecule has 162 valence electrons. The average molecular weight is 440 g/mol. The Kier molecular flexibility index (Phi) is 5.67. The zero-order valence-electron chi connectivity index (χ0n) is 18.0. The Balaban J connectivity index is 1.49. The smallest absolute Gasteiger partial charge is 0.352 e. The summed E-state index contributed by atoms with van der Waals surface area (Å²) < 4.78 is 0. The number of nitrogens with one attached hydrogen (secondary N) is 1. The molecule has 1 fully saturated rings. The molecule has 3 aromatic rings. The summed E-state index contributed by atoms with van der Waals surface area (Å²) in [5.41, 5.74) is 5.72. The normalized spacial score (nSPS) is 14.3. The maximum Gasteiger partial charge on any atom is 0.352 e. The molecule has 1 amide bonds. The van der Waals surface area contributed by atoms with Gasteiger partial charge in [-0.2, -0.15) is 0 Å². The standard InChI is InChI=1S/C24H26ClN3O3/c1-14-4-5-21-18(10-14)19(23(26-21)24(30)31)13-22(29)28-8-6-27(7-9-28)17-11-15(2)16(3)20(25)12-17/h4-5,10-12,26H,6-9,13H2,1-3H3,(H,30,31). The lowest BCUT2D eigenvalue weighted by atomic mass is 10.0. The molecule has 0 bridgehead atoms. The van der Waals surface area contributed by atoms with Gasteiger partial charge in [-0.3, -0.25) is 4.79 Å². The number of aryl methyl sites for hydroxylation is 2. The Morgan fingerprint density at radius 2 is 1.77 bits per heavy atom. The van der Waals surface area contributed by atoms with Gasteiger partial charge >= 0.3 is 5.97 Å². The van der Waals surface area contributed by atoms with E-state index in [1.54, 1.807) is 0 Å². The second kappa shape index (κ2) is 8.27. The van der Waals surface area contributed by atoms with Gasteiger partial charge in [0.2, 0.25) is 5.91 Å². The molecule has 0 radical (unpaired) electrons. The van der Waals surface area contributed by atoms with Crippen LogP contribution in [0.4, 0.5) is 5.69 Å². The Labute approximate surface area is 186 Å². The molecule has 1 aromatic heterocycles. The molecule has 6 nitrogen and oxygen atoms in total. The van der Waals surface area contributed by atoms with Crippen molar-refractivity contribution in [1.82, 2.24) is 9.88 Å². The van der Waals surface area contributed by atoms with E-state index in [-0.39, 0.29) is 18.0 Å². The second-order valence-corrected chi connectivity index (χ2v) is 8.65. The third kappa shape index (κ3) is 4.12. The first kappa shape index (κ1) is 21.2. The van der Waals surface area contributed by atoms with E-state index in [9.17, 15) is 14.7 Å². The van der Waals surface area contributed by atoms with E-state index in [0.717, 1.165) is 38.3 Å². The van der Waals surface area contributed by atoms with Crippen molar-refractivity contribution in [2.45, 2.75) is 27.2 Å². The van der Waals surface area contributed by atoms with Crippen LogP contribution in [0.25, 0.3) is 10.9 Å². The number of nitrogens with zero attached hydrogens (tertiary/aromatic N) is 2. The highest BCUT2D eigenvalue weighted by Gasteiger charge is 2.25. The van der Waals surface area contributed by atoms with E-state index in [1.165, 1.54) is 0 Å². The van der Waals surface area contributed by atoms with Gasteiger partial charge in [-0.05, 0) is 56.2 Å². The van der Waals surface area contributed by atoms with Gasteiger partial charge in [-0.1, -0.05) is 23.2 Å². The lowest BCUT2D eigenvalue weighted by molar-refractivity contribution is -0.130. The fourth-order valence-corrected chi connectivity index (χ4v) is 4.45. The molecule has 0 aliphatic carbocycles. The minimum Gasteiger partial charge on any atom is -0.477 e. The Hall–Kier alpha value is -2.99. The molecule has 0 atom stereocenters. The van der Waals surface area contributed by atoms with Crippen molar-refractivity contribution in [3.05, 3.63) is 63.3 Å². The number of aromatic nitrogens is 1. The minimum absolute atomic E-state index is 0.0531. The molecular weight excluding hydrogens is 414 g/mol. The molecule has 7 heteroatoms. The topological polar surface area (TPSA) is 76.6 Å². The van der Waals surface area contributed by atoms with Crippen LogP contribution in [-0.4, -0.2) is 53.0 Å². The maximum absolute atomic E-state index is 13.0. The average Bonchev–Trinajstić information content (AvgIpc) is 3.09. The number of hydrogen-bond acceptors (Lipinski definition) is 3. The zero-order valence-corrected chi connectivity index (χ0v) is 18.7. The van der Waals surface area contributed by atoms with Crippen molar-refractivity contribution in [1.29, 1.82) is 0 Å². The highest BCUT2D eigenvalue weighted by molar-refractivity contribution is 6.31. The summed E-state index contributed by atoms with van der Waals surface area (Å²) in [5.74, 6) is -1.10. The number of carboxylic acid groups (broad SMARTS) is 1. The first-order valence-corrected chi connectivity index (χ1v) is 10.8. The van der Waals surface area contributed by atoms with Gasteiger partial charge in [-0.15, -0.1) is 0 Å². The Bertz CT molecular complexity index is 1150.